The molecule has 0 spiro atoms. The minimum atomic E-state index is -0.401. The summed E-state index contributed by atoms with van der Waals surface area (Å²) in [4.78, 5) is 12.5. The van der Waals surface area contributed by atoms with E-state index in [1.165, 1.54) is 19.3 Å². The Labute approximate surface area is 192 Å². The number of phenolic OH excluding ortho intramolecular Hbond substituents is 1. The molecule has 0 bridgehead atoms. The number of ether oxygens (including phenoxy) is 3. The summed E-state index contributed by atoms with van der Waals surface area (Å²) >= 11 is 0. The third kappa shape index (κ3) is 5.65. The lowest BCUT2D eigenvalue weighted by atomic mass is 10.1. The van der Waals surface area contributed by atoms with Gasteiger partial charge in [-0.15, -0.1) is 0 Å². The van der Waals surface area contributed by atoms with E-state index in [1.807, 2.05) is 24.3 Å². The molecular weight excluding hydrogens is 420 g/mol. The molecule has 4 N–H and O–H groups in total. The van der Waals surface area contributed by atoms with Crippen molar-refractivity contribution in [3.63, 3.8) is 0 Å². The number of amides is 1. The summed E-state index contributed by atoms with van der Waals surface area (Å²) in [7, 11) is 4.63. The van der Waals surface area contributed by atoms with Crippen LogP contribution in [0.3, 0.4) is 0 Å². The predicted molar refractivity (Wildman–Crippen MR) is 132 cm³/mol. The molecule has 3 aromatic carbocycles. The number of hydrogen-bond donors (Lipinski definition) is 3. The minimum absolute atomic E-state index is 0.0528. The van der Waals surface area contributed by atoms with Crippen LogP contribution in [0.1, 0.15) is 16.7 Å². The molecule has 0 aliphatic rings. The van der Waals surface area contributed by atoms with Gasteiger partial charge in [0.25, 0.3) is 0 Å². The third-order valence-electron chi connectivity index (χ3n) is 4.88. The number of benzene rings is 3. The fraction of sp³-hybridized carbons (Fsp3) is 0.115. The normalized spacial score (nSPS) is 11.0. The lowest BCUT2D eigenvalue weighted by Gasteiger charge is -2.13. The van der Waals surface area contributed by atoms with Gasteiger partial charge in [0, 0.05) is 17.3 Å². The number of phenols is 1. The maximum Gasteiger partial charge on any atom is 0.248 e. The molecule has 170 valence electrons. The number of methoxy groups -OCH3 is 3. The van der Waals surface area contributed by atoms with Gasteiger partial charge >= 0.3 is 0 Å². The third-order valence-corrected chi connectivity index (χ3v) is 4.88. The Morgan fingerprint density at radius 3 is 2.18 bits per heavy atom. The second kappa shape index (κ2) is 10.8. The number of nitrogens with two attached hydrogens (primary N) is 1. The van der Waals surface area contributed by atoms with Crippen LogP contribution in [0.5, 0.6) is 23.0 Å². The molecule has 0 heterocycles. The van der Waals surface area contributed by atoms with E-state index in [0.717, 1.165) is 11.1 Å². The van der Waals surface area contributed by atoms with Gasteiger partial charge in [0.05, 0.1) is 27.0 Å². The van der Waals surface area contributed by atoms with Gasteiger partial charge in [-0.1, -0.05) is 42.5 Å². The first-order valence-electron chi connectivity index (χ1n) is 10.1. The van der Waals surface area contributed by atoms with Crippen LogP contribution in [-0.2, 0) is 4.79 Å². The molecule has 0 atom stereocenters. The van der Waals surface area contributed by atoms with E-state index in [2.05, 4.69) is 5.32 Å². The molecule has 0 aliphatic carbocycles. The first-order valence-corrected chi connectivity index (χ1v) is 10.1. The average Bonchev–Trinajstić information content (AvgIpc) is 2.83. The van der Waals surface area contributed by atoms with E-state index in [1.54, 1.807) is 56.7 Å². The highest BCUT2D eigenvalue weighted by Crippen LogP contribution is 2.39. The monoisotopic (exact) mass is 446 g/mol. The van der Waals surface area contributed by atoms with Gasteiger partial charge in [-0.3, -0.25) is 4.79 Å². The average molecular weight is 447 g/mol. The number of anilines is 2. The maximum absolute atomic E-state index is 12.5. The van der Waals surface area contributed by atoms with Gasteiger partial charge < -0.3 is 30.4 Å². The molecule has 0 saturated carbocycles. The lowest BCUT2D eigenvalue weighted by molar-refractivity contribution is -0.111. The number of carbonyl (C=O) groups is 1. The summed E-state index contributed by atoms with van der Waals surface area (Å²) in [5.74, 6) is 1.08. The standard InChI is InChI=1S/C26H26N2O5/c1-31-22-15-17(16-23(32-2)26(22)33-3)11-12-19-8-6-10-21(29)25(19)28-24(30)14-13-18-7-4-5-9-20(18)27/h4-16,29H,27H2,1-3H3,(H,28,30)/b12-11+,14-13+. The van der Waals surface area contributed by atoms with Gasteiger partial charge in [0.2, 0.25) is 11.7 Å². The quantitative estimate of drug-likeness (QED) is 0.198. The Morgan fingerprint density at radius 1 is 0.879 bits per heavy atom. The lowest BCUT2D eigenvalue weighted by Crippen LogP contribution is -2.09. The number of para-hydroxylation sites is 2. The van der Waals surface area contributed by atoms with Crippen LogP contribution in [0.4, 0.5) is 11.4 Å². The number of hydrogen-bond acceptors (Lipinski definition) is 6. The van der Waals surface area contributed by atoms with Crippen molar-refractivity contribution in [2.24, 2.45) is 0 Å². The maximum atomic E-state index is 12.5. The molecule has 0 saturated heterocycles. The van der Waals surface area contributed by atoms with Gasteiger partial charge in [0.15, 0.2) is 11.5 Å². The fourth-order valence-electron chi connectivity index (χ4n) is 3.21. The van der Waals surface area contributed by atoms with Crippen molar-refractivity contribution >= 4 is 35.5 Å². The van der Waals surface area contributed by atoms with Crippen molar-refractivity contribution < 1.29 is 24.1 Å². The van der Waals surface area contributed by atoms with Gasteiger partial charge in [-0.25, -0.2) is 0 Å². The fourth-order valence-corrected chi connectivity index (χ4v) is 3.21. The molecule has 33 heavy (non-hydrogen) atoms. The first kappa shape index (κ1) is 23.3. The summed E-state index contributed by atoms with van der Waals surface area (Å²) < 4.78 is 16.1. The molecule has 7 nitrogen and oxygen atoms in total. The molecular formula is C26H26N2O5. The topological polar surface area (TPSA) is 103 Å². The molecule has 0 aliphatic heterocycles. The highest BCUT2D eigenvalue weighted by atomic mass is 16.5. The van der Waals surface area contributed by atoms with Crippen LogP contribution >= 0.6 is 0 Å². The molecule has 3 aromatic rings. The summed E-state index contributed by atoms with van der Waals surface area (Å²) in [6.45, 7) is 0. The number of carbonyl (C=O) groups excluding carboxylic acids is 1. The SMILES string of the molecule is COc1cc(/C=C/c2cccc(O)c2NC(=O)/C=C/c2ccccc2N)cc(OC)c1OC. The zero-order chi connectivity index (χ0) is 23.8. The van der Waals surface area contributed by atoms with Crippen LogP contribution in [0.15, 0.2) is 60.7 Å². The smallest absolute Gasteiger partial charge is 0.248 e. The van der Waals surface area contributed by atoms with Crippen LogP contribution in [0.2, 0.25) is 0 Å². The van der Waals surface area contributed by atoms with E-state index in [9.17, 15) is 9.90 Å². The van der Waals surface area contributed by atoms with Gasteiger partial charge in [0.1, 0.15) is 5.75 Å². The zero-order valence-electron chi connectivity index (χ0n) is 18.7. The molecule has 0 fully saturated rings. The zero-order valence-corrected chi connectivity index (χ0v) is 18.7. The largest absolute Gasteiger partial charge is 0.506 e. The Kier molecular flexibility index (Phi) is 7.60. The summed E-state index contributed by atoms with van der Waals surface area (Å²) in [5.41, 5.74) is 8.89. The second-order valence-electron chi connectivity index (χ2n) is 6.98. The number of rotatable bonds is 8. The molecule has 3 rings (SSSR count). The van der Waals surface area contributed by atoms with Gasteiger partial charge in [-0.2, -0.15) is 0 Å². The van der Waals surface area contributed by atoms with E-state index in [4.69, 9.17) is 19.9 Å². The van der Waals surface area contributed by atoms with Crippen molar-refractivity contribution in [3.8, 4) is 23.0 Å². The first-order chi connectivity index (χ1) is 16.0. The predicted octanol–water partition coefficient (Wildman–Crippen LogP) is 4.82. The summed E-state index contributed by atoms with van der Waals surface area (Å²) in [6, 6.07) is 15.8. The Hall–Kier alpha value is -4.39. The number of aromatic hydroxyl groups is 1. The van der Waals surface area contributed by atoms with Crippen LogP contribution < -0.4 is 25.3 Å². The summed E-state index contributed by atoms with van der Waals surface area (Å²) in [5, 5.41) is 13.1. The highest BCUT2D eigenvalue weighted by molar-refractivity contribution is 6.04. The molecule has 1 amide bonds. The molecule has 7 heteroatoms. The van der Waals surface area contributed by atoms with E-state index >= 15 is 0 Å². The second-order valence-corrected chi connectivity index (χ2v) is 6.98. The van der Waals surface area contributed by atoms with Gasteiger partial charge in [-0.05, 0) is 41.5 Å². The van der Waals surface area contributed by atoms with E-state index < -0.39 is 5.91 Å². The highest BCUT2D eigenvalue weighted by Gasteiger charge is 2.13. The Balaban J connectivity index is 1.86. The molecule has 0 aromatic heterocycles. The summed E-state index contributed by atoms with van der Waals surface area (Å²) in [6.07, 6.45) is 6.57. The Morgan fingerprint density at radius 2 is 1.55 bits per heavy atom. The van der Waals surface area contributed by atoms with E-state index in [0.29, 0.717) is 28.5 Å². The van der Waals surface area contributed by atoms with Crippen molar-refractivity contribution in [1.82, 2.24) is 0 Å². The van der Waals surface area contributed by atoms with Crippen molar-refractivity contribution in [2.45, 2.75) is 0 Å². The van der Waals surface area contributed by atoms with Crippen molar-refractivity contribution in [3.05, 3.63) is 77.4 Å². The number of nitrogens with one attached hydrogen (secondary N) is 1. The molecule has 0 unspecified atom stereocenters. The van der Waals surface area contributed by atoms with Crippen LogP contribution in [0, 0.1) is 0 Å². The van der Waals surface area contributed by atoms with Crippen molar-refractivity contribution in [2.75, 3.05) is 32.4 Å². The Bertz CT molecular complexity index is 1180. The van der Waals surface area contributed by atoms with E-state index in [-0.39, 0.29) is 11.4 Å². The minimum Gasteiger partial charge on any atom is -0.506 e. The van der Waals surface area contributed by atoms with Crippen LogP contribution in [-0.4, -0.2) is 32.3 Å². The molecule has 0 radical (unpaired) electrons. The van der Waals surface area contributed by atoms with Crippen molar-refractivity contribution in [1.29, 1.82) is 0 Å². The van der Waals surface area contributed by atoms with Crippen LogP contribution in [0.25, 0.3) is 18.2 Å². The number of nitrogen functional groups attached to an aromatic ring is 1.